The van der Waals surface area contributed by atoms with Gasteiger partial charge in [-0.1, -0.05) is 6.07 Å². The molecule has 0 aliphatic carbocycles. The van der Waals surface area contributed by atoms with Gasteiger partial charge in [-0.2, -0.15) is 0 Å². The van der Waals surface area contributed by atoms with Gasteiger partial charge in [-0.25, -0.2) is 8.42 Å². The Kier molecular flexibility index (Phi) is 6.33. The third-order valence-electron chi connectivity index (χ3n) is 4.00. The first kappa shape index (κ1) is 20.7. The molecule has 1 amide bonds. The highest BCUT2D eigenvalue weighted by Crippen LogP contribution is 2.25. The number of rotatable bonds is 5. The lowest BCUT2D eigenvalue weighted by Crippen LogP contribution is -2.45. The average molecular weight is 486 g/mol. The van der Waals surface area contributed by atoms with Gasteiger partial charge in [-0.15, -0.1) is 0 Å². The second kappa shape index (κ2) is 7.96. The van der Waals surface area contributed by atoms with Crippen molar-refractivity contribution in [1.82, 2.24) is 0 Å². The summed E-state index contributed by atoms with van der Waals surface area (Å²) in [4.78, 5) is 12.8. The molecule has 0 spiro atoms. The summed E-state index contributed by atoms with van der Waals surface area (Å²) in [6.45, 7) is 7.30. The van der Waals surface area contributed by atoms with E-state index < -0.39 is 16.1 Å². The van der Waals surface area contributed by atoms with Crippen molar-refractivity contribution in [2.45, 2.75) is 33.7 Å². The van der Waals surface area contributed by atoms with Gasteiger partial charge in [0.05, 0.1) is 11.9 Å². The Hall–Kier alpha value is -1.61. The fraction of sp³-hybridized carbons (Fsp3) is 0.316. The van der Waals surface area contributed by atoms with Gasteiger partial charge in [0.1, 0.15) is 6.04 Å². The third kappa shape index (κ3) is 4.97. The molecule has 0 aliphatic heterocycles. The molecule has 0 heterocycles. The molecule has 0 aliphatic rings. The smallest absolute Gasteiger partial charge is 0.248 e. The molecular weight excluding hydrogens is 463 g/mol. The van der Waals surface area contributed by atoms with Gasteiger partial charge in [0.15, 0.2) is 0 Å². The highest BCUT2D eigenvalue weighted by Gasteiger charge is 2.29. The number of anilines is 2. The summed E-state index contributed by atoms with van der Waals surface area (Å²) in [5, 5.41) is 2.84. The van der Waals surface area contributed by atoms with Crippen molar-refractivity contribution < 1.29 is 13.2 Å². The maximum Gasteiger partial charge on any atom is 0.248 e. The van der Waals surface area contributed by atoms with Crippen LogP contribution < -0.4 is 9.62 Å². The van der Waals surface area contributed by atoms with E-state index in [0.717, 1.165) is 26.5 Å². The molecule has 0 fully saturated rings. The van der Waals surface area contributed by atoms with E-state index in [1.165, 1.54) is 4.31 Å². The Balaban J connectivity index is 2.37. The van der Waals surface area contributed by atoms with E-state index in [4.69, 9.17) is 0 Å². The quantitative estimate of drug-likeness (QED) is 0.650. The van der Waals surface area contributed by atoms with E-state index >= 15 is 0 Å². The van der Waals surface area contributed by atoms with Gasteiger partial charge >= 0.3 is 0 Å². The van der Waals surface area contributed by atoms with Crippen LogP contribution in [0.1, 0.15) is 23.6 Å². The Morgan fingerprint density at radius 1 is 1.08 bits per heavy atom. The minimum absolute atomic E-state index is 0.376. The standard InChI is InChI=1S/C19H23IN2O3S/c1-12-8-13(2)10-17(9-12)22(26(5,24)25)15(4)19(23)21-18-7-6-16(20)11-14(18)3/h6-11,15H,1-5H3,(H,21,23)/t15-/m0/s1. The average Bonchev–Trinajstić information content (AvgIpc) is 2.47. The molecule has 1 N–H and O–H groups in total. The number of nitrogens with zero attached hydrogens (tertiary/aromatic N) is 1. The lowest BCUT2D eigenvalue weighted by Gasteiger charge is -2.29. The van der Waals surface area contributed by atoms with E-state index in [9.17, 15) is 13.2 Å². The summed E-state index contributed by atoms with van der Waals surface area (Å²) in [5.74, 6) is -0.376. The van der Waals surface area contributed by atoms with Crippen LogP contribution in [0.25, 0.3) is 0 Å². The molecule has 140 valence electrons. The van der Waals surface area contributed by atoms with E-state index in [-0.39, 0.29) is 5.91 Å². The number of sulfonamides is 1. The minimum atomic E-state index is -3.63. The second-order valence-corrected chi connectivity index (χ2v) is 9.63. The predicted molar refractivity (Wildman–Crippen MR) is 115 cm³/mol. The maximum absolute atomic E-state index is 12.8. The van der Waals surface area contributed by atoms with Crippen molar-refractivity contribution in [3.63, 3.8) is 0 Å². The van der Waals surface area contributed by atoms with Crippen LogP contribution in [0.2, 0.25) is 0 Å². The predicted octanol–water partition coefficient (Wildman–Crippen LogP) is 4.01. The van der Waals surface area contributed by atoms with Crippen molar-refractivity contribution in [2.75, 3.05) is 15.9 Å². The first-order valence-corrected chi connectivity index (χ1v) is 11.1. The molecule has 26 heavy (non-hydrogen) atoms. The molecule has 0 unspecified atom stereocenters. The SMILES string of the molecule is Cc1cc(C)cc(N([C@@H](C)C(=O)Nc2ccc(I)cc2C)S(C)(=O)=O)c1. The monoisotopic (exact) mass is 486 g/mol. The maximum atomic E-state index is 12.8. The Morgan fingerprint density at radius 2 is 1.65 bits per heavy atom. The van der Waals surface area contributed by atoms with E-state index in [0.29, 0.717) is 11.4 Å². The van der Waals surface area contributed by atoms with E-state index in [1.807, 2.05) is 45.0 Å². The normalized spacial score (nSPS) is 12.5. The zero-order valence-corrected chi connectivity index (χ0v) is 18.5. The molecule has 2 aromatic carbocycles. The lowest BCUT2D eigenvalue weighted by molar-refractivity contribution is -0.116. The number of nitrogens with one attached hydrogen (secondary N) is 1. The molecule has 0 saturated carbocycles. The topological polar surface area (TPSA) is 66.5 Å². The fourth-order valence-corrected chi connectivity index (χ4v) is 4.70. The molecule has 0 saturated heterocycles. The van der Waals surface area contributed by atoms with Crippen molar-refractivity contribution in [1.29, 1.82) is 0 Å². The van der Waals surface area contributed by atoms with Crippen LogP contribution in [0.3, 0.4) is 0 Å². The summed E-state index contributed by atoms with van der Waals surface area (Å²) in [5.41, 5.74) is 3.97. The van der Waals surface area contributed by atoms with E-state index in [1.54, 1.807) is 19.1 Å². The number of halogens is 1. The van der Waals surface area contributed by atoms with Crippen LogP contribution in [0, 0.1) is 24.3 Å². The van der Waals surface area contributed by atoms with E-state index in [2.05, 4.69) is 27.9 Å². The van der Waals surface area contributed by atoms with Gasteiger partial charge in [-0.05, 0) is 97.3 Å². The first-order valence-electron chi connectivity index (χ1n) is 8.14. The number of benzene rings is 2. The molecule has 0 aromatic heterocycles. The van der Waals surface area contributed by atoms with Crippen molar-refractivity contribution in [3.8, 4) is 0 Å². The van der Waals surface area contributed by atoms with Crippen molar-refractivity contribution in [2.24, 2.45) is 0 Å². The molecular formula is C19H23IN2O3S. The van der Waals surface area contributed by atoms with Crippen molar-refractivity contribution in [3.05, 3.63) is 56.7 Å². The largest absolute Gasteiger partial charge is 0.324 e. The van der Waals surface area contributed by atoms with Crippen LogP contribution in [-0.2, 0) is 14.8 Å². The summed E-state index contributed by atoms with van der Waals surface area (Å²) in [6.07, 6.45) is 1.12. The number of hydrogen-bond donors (Lipinski definition) is 1. The van der Waals surface area contributed by atoms with Crippen LogP contribution >= 0.6 is 22.6 Å². The molecule has 7 heteroatoms. The third-order valence-corrected chi connectivity index (χ3v) is 5.91. The summed E-state index contributed by atoms with van der Waals surface area (Å²) >= 11 is 2.20. The minimum Gasteiger partial charge on any atom is -0.324 e. The summed E-state index contributed by atoms with van der Waals surface area (Å²) < 4.78 is 27.1. The number of hydrogen-bond acceptors (Lipinski definition) is 3. The summed E-state index contributed by atoms with van der Waals surface area (Å²) in [7, 11) is -3.63. The highest BCUT2D eigenvalue weighted by molar-refractivity contribution is 14.1. The molecule has 2 rings (SSSR count). The molecule has 0 radical (unpaired) electrons. The van der Waals surface area contributed by atoms with Crippen LogP contribution in [0.4, 0.5) is 11.4 Å². The zero-order valence-electron chi connectivity index (χ0n) is 15.5. The summed E-state index contributed by atoms with van der Waals surface area (Å²) in [6, 6.07) is 10.3. The van der Waals surface area contributed by atoms with Gasteiger partial charge in [0.25, 0.3) is 0 Å². The Morgan fingerprint density at radius 3 is 2.15 bits per heavy atom. The number of aryl methyl sites for hydroxylation is 3. The number of amides is 1. The first-order chi connectivity index (χ1) is 12.0. The fourth-order valence-electron chi connectivity index (χ4n) is 2.89. The zero-order chi connectivity index (χ0) is 19.6. The van der Waals surface area contributed by atoms with Crippen molar-refractivity contribution >= 4 is 49.9 Å². The molecule has 0 bridgehead atoms. The molecule has 1 atom stereocenters. The lowest BCUT2D eigenvalue weighted by atomic mass is 10.1. The molecule has 5 nitrogen and oxygen atoms in total. The Labute approximate surface area is 169 Å². The highest BCUT2D eigenvalue weighted by atomic mass is 127. The second-order valence-electron chi connectivity index (χ2n) is 6.53. The van der Waals surface area contributed by atoms with Crippen LogP contribution in [0.5, 0.6) is 0 Å². The number of carbonyl (C=O) groups is 1. The molecule has 2 aromatic rings. The van der Waals surface area contributed by atoms with Gasteiger partial charge in [-0.3, -0.25) is 9.10 Å². The Bertz CT molecular complexity index is 922. The van der Waals surface area contributed by atoms with Gasteiger partial charge in [0.2, 0.25) is 15.9 Å². The van der Waals surface area contributed by atoms with Crippen LogP contribution in [0.15, 0.2) is 36.4 Å². The van der Waals surface area contributed by atoms with Gasteiger partial charge < -0.3 is 5.32 Å². The van der Waals surface area contributed by atoms with Crippen LogP contribution in [-0.4, -0.2) is 26.6 Å². The van der Waals surface area contributed by atoms with Gasteiger partial charge in [0, 0.05) is 9.26 Å². The number of carbonyl (C=O) groups excluding carboxylic acids is 1.